The number of benzene rings is 2. The lowest BCUT2D eigenvalue weighted by Gasteiger charge is -2.24. The van der Waals surface area contributed by atoms with E-state index in [1.165, 1.54) is 17.7 Å². The first-order valence-corrected chi connectivity index (χ1v) is 6.34. The van der Waals surface area contributed by atoms with Gasteiger partial charge in [-0.05, 0) is 55.3 Å². The molecular weight excluding hydrogens is 239 g/mol. The van der Waals surface area contributed by atoms with Crippen molar-refractivity contribution >= 4 is 11.4 Å². The van der Waals surface area contributed by atoms with E-state index in [9.17, 15) is 4.39 Å². The standard InChI is InChI=1S/C16H19FN2/c1-11-5-4-6-14(9-11)19(3)16-8-7-13(17)10-15(16)12(2)18/h4-10,12H,18H2,1-3H3. The minimum Gasteiger partial charge on any atom is -0.344 e. The van der Waals surface area contributed by atoms with Crippen molar-refractivity contribution in [3.05, 3.63) is 59.4 Å². The molecule has 0 aliphatic rings. The topological polar surface area (TPSA) is 29.3 Å². The molecule has 2 N–H and O–H groups in total. The maximum Gasteiger partial charge on any atom is 0.123 e. The average Bonchev–Trinajstić information content (AvgIpc) is 2.37. The second-order valence-corrected chi connectivity index (χ2v) is 4.89. The molecule has 2 rings (SSSR count). The van der Waals surface area contributed by atoms with Crippen molar-refractivity contribution < 1.29 is 4.39 Å². The molecule has 2 nitrogen and oxygen atoms in total. The van der Waals surface area contributed by atoms with Crippen molar-refractivity contribution in [1.82, 2.24) is 0 Å². The van der Waals surface area contributed by atoms with Crippen LogP contribution in [0.15, 0.2) is 42.5 Å². The summed E-state index contributed by atoms with van der Waals surface area (Å²) < 4.78 is 13.4. The van der Waals surface area contributed by atoms with Crippen LogP contribution in [0.25, 0.3) is 0 Å². The molecule has 0 aromatic heterocycles. The van der Waals surface area contributed by atoms with Gasteiger partial charge in [0.2, 0.25) is 0 Å². The third kappa shape index (κ3) is 2.93. The number of halogens is 1. The maximum absolute atomic E-state index is 13.4. The van der Waals surface area contributed by atoms with Crippen LogP contribution in [0.3, 0.4) is 0 Å². The Morgan fingerprint density at radius 1 is 1.16 bits per heavy atom. The van der Waals surface area contributed by atoms with Gasteiger partial charge in [-0.3, -0.25) is 0 Å². The van der Waals surface area contributed by atoms with Crippen LogP contribution in [0, 0.1) is 12.7 Å². The predicted molar refractivity (Wildman–Crippen MR) is 78.2 cm³/mol. The van der Waals surface area contributed by atoms with E-state index in [1.54, 1.807) is 6.07 Å². The molecule has 2 aromatic rings. The van der Waals surface area contributed by atoms with Gasteiger partial charge in [0.25, 0.3) is 0 Å². The van der Waals surface area contributed by atoms with Crippen molar-refractivity contribution in [3.63, 3.8) is 0 Å². The fraction of sp³-hybridized carbons (Fsp3) is 0.250. The van der Waals surface area contributed by atoms with Crippen LogP contribution in [-0.2, 0) is 0 Å². The van der Waals surface area contributed by atoms with Gasteiger partial charge in [0, 0.05) is 24.5 Å². The minimum atomic E-state index is -0.256. The van der Waals surface area contributed by atoms with Gasteiger partial charge in [-0.15, -0.1) is 0 Å². The van der Waals surface area contributed by atoms with Crippen LogP contribution in [0.5, 0.6) is 0 Å². The molecule has 0 aliphatic carbocycles. The highest BCUT2D eigenvalue weighted by molar-refractivity contribution is 5.66. The third-order valence-corrected chi connectivity index (χ3v) is 3.23. The lowest BCUT2D eigenvalue weighted by atomic mass is 10.0. The molecule has 0 spiro atoms. The molecule has 0 bridgehead atoms. The quantitative estimate of drug-likeness (QED) is 0.904. The van der Waals surface area contributed by atoms with Crippen molar-refractivity contribution in [1.29, 1.82) is 0 Å². The number of nitrogens with zero attached hydrogens (tertiary/aromatic N) is 1. The van der Waals surface area contributed by atoms with E-state index in [-0.39, 0.29) is 11.9 Å². The molecule has 2 aromatic carbocycles. The number of hydrogen-bond acceptors (Lipinski definition) is 2. The fourth-order valence-corrected chi connectivity index (χ4v) is 2.17. The molecule has 0 radical (unpaired) electrons. The smallest absolute Gasteiger partial charge is 0.123 e. The molecule has 0 heterocycles. The van der Waals surface area contributed by atoms with Crippen molar-refractivity contribution in [2.45, 2.75) is 19.9 Å². The van der Waals surface area contributed by atoms with Gasteiger partial charge < -0.3 is 10.6 Å². The number of hydrogen-bond donors (Lipinski definition) is 1. The van der Waals surface area contributed by atoms with E-state index in [2.05, 4.69) is 19.1 Å². The largest absolute Gasteiger partial charge is 0.344 e. The van der Waals surface area contributed by atoms with Gasteiger partial charge in [-0.25, -0.2) is 4.39 Å². The fourth-order valence-electron chi connectivity index (χ4n) is 2.17. The molecule has 0 saturated heterocycles. The Hall–Kier alpha value is -1.87. The second kappa shape index (κ2) is 5.41. The zero-order chi connectivity index (χ0) is 14.0. The van der Waals surface area contributed by atoms with Crippen LogP contribution in [0.2, 0.25) is 0 Å². The third-order valence-electron chi connectivity index (χ3n) is 3.23. The predicted octanol–water partition coefficient (Wildman–Crippen LogP) is 3.92. The highest BCUT2D eigenvalue weighted by Gasteiger charge is 2.13. The summed E-state index contributed by atoms with van der Waals surface area (Å²) in [5.41, 5.74) is 9.93. The second-order valence-electron chi connectivity index (χ2n) is 4.89. The summed E-state index contributed by atoms with van der Waals surface area (Å²) in [6, 6.07) is 12.7. The Labute approximate surface area is 113 Å². The zero-order valence-electron chi connectivity index (χ0n) is 11.5. The van der Waals surface area contributed by atoms with E-state index >= 15 is 0 Å². The minimum absolute atomic E-state index is 0.210. The number of anilines is 2. The Bertz CT molecular complexity index is 579. The summed E-state index contributed by atoms with van der Waals surface area (Å²) in [5.74, 6) is -0.256. The molecule has 0 saturated carbocycles. The molecule has 1 unspecified atom stereocenters. The molecule has 1 atom stereocenters. The lowest BCUT2D eigenvalue weighted by molar-refractivity contribution is 0.622. The first-order valence-electron chi connectivity index (χ1n) is 6.34. The van der Waals surface area contributed by atoms with Crippen LogP contribution < -0.4 is 10.6 Å². The number of rotatable bonds is 3. The first kappa shape index (κ1) is 13.6. The maximum atomic E-state index is 13.4. The van der Waals surface area contributed by atoms with E-state index in [0.29, 0.717) is 0 Å². The molecule has 0 aliphatic heterocycles. The molecule has 100 valence electrons. The monoisotopic (exact) mass is 258 g/mol. The SMILES string of the molecule is Cc1cccc(N(C)c2ccc(F)cc2C(C)N)c1. The van der Waals surface area contributed by atoms with E-state index in [0.717, 1.165) is 16.9 Å². The summed E-state index contributed by atoms with van der Waals surface area (Å²) in [5, 5.41) is 0. The van der Waals surface area contributed by atoms with Crippen LogP contribution in [0.4, 0.5) is 15.8 Å². The summed E-state index contributed by atoms with van der Waals surface area (Å²) in [6.07, 6.45) is 0. The molecule has 0 amide bonds. The summed E-state index contributed by atoms with van der Waals surface area (Å²) in [7, 11) is 1.97. The van der Waals surface area contributed by atoms with Gasteiger partial charge >= 0.3 is 0 Å². The van der Waals surface area contributed by atoms with Gasteiger partial charge in [0.15, 0.2) is 0 Å². The molecule has 3 heteroatoms. The van der Waals surface area contributed by atoms with Crippen LogP contribution in [-0.4, -0.2) is 7.05 Å². The molecule has 19 heavy (non-hydrogen) atoms. The highest BCUT2D eigenvalue weighted by atomic mass is 19.1. The van der Waals surface area contributed by atoms with Gasteiger partial charge in [0.1, 0.15) is 5.82 Å². The van der Waals surface area contributed by atoms with Gasteiger partial charge in [-0.2, -0.15) is 0 Å². The summed E-state index contributed by atoms with van der Waals surface area (Å²) in [4.78, 5) is 2.03. The molecular formula is C16H19FN2. The summed E-state index contributed by atoms with van der Waals surface area (Å²) >= 11 is 0. The van der Waals surface area contributed by atoms with Crippen molar-refractivity contribution in [2.24, 2.45) is 5.73 Å². The number of aryl methyl sites for hydroxylation is 1. The van der Waals surface area contributed by atoms with Gasteiger partial charge in [-0.1, -0.05) is 12.1 Å². The van der Waals surface area contributed by atoms with Crippen molar-refractivity contribution in [2.75, 3.05) is 11.9 Å². The zero-order valence-corrected chi connectivity index (χ0v) is 11.5. The Kier molecular flexibility index (Phi) is 3.86. The first-order chi connectivity index (χ1) is 8.99. The van der Waals surface area contributed by atoms with E-state index < -0.39 is 0 Å². The van der Waals surface area contributed by atoms with Gasteiger partial charge in [0.05, 0.1) is 0 Å². The van der Waals surface area contributed by atoms with Crippen LogP contribution in [0.1, 0.15) is 24.1 Å². The van der Waals surface area contributed by atoms with Crippen molar-refractivity contribution in [3.8, 4) is 0 Å². The number of nitrogens with two attached hydrogens (primary N) is 1. The lowest BCUT2D eigenvalue weighted by Crippen LogP contribution is -2.16. The average molecular weight is 258 g/mol. The normalized spacial score (nSPS) is 12.3. The Morgan fingerprint density at radius 2 is 1.89 bits per heavy atom. The Balaban J connectivity index is 2.46. The Morgan fingerprint density at radius 3 is 2.53 bits per heavy atom. The van der Waals surface area contributed by atoms with E-state index in [4.69, 9.17) is 5.73 Å². The van der Waals surface area contributed by atoms with E-state index in [1.807, 2.05) is 31.0 Å². The summed E-state index contributed by atoms with van der Waals surface area (Å²) in [6.45, 7) is 3.91. The molecule has 0 fully saturated rings. The van der Waals surface area contributed by atoms with Crippen LogP contribution >= 0.6 is 0 Å². The highest BCUT2D eigenvalue weighted by Crippen LogP contribution is 2.30.